The first-order chi connectivity index (χ1) is 15.9. The third-order valence-electron chi connectivity index (χ3n) is 4.26. The number of carbonyl (C=O) groups is 2. The molecule has 0 heterocycles. The van der Waals surface area contributed by atoms with E-state index in [1.54, 1.807) is 42.5 Å². The highest BCUT2D eigenvalue weighted by atomic mass is 79.9. The van der Waals surface area contributed by atoms with Crippen molar-refractivity contribution < 1.29 is 19.4 Å². The first-order valence-electron chi connectivity index (χ1n) is 9.54. The monoisotopic (exact) mass is 525 g/mol. The summed E-state index contributed by atoms with van der Waals surface area (Å²) in [5, 5.41) is 24.4. The zero-order valence-electron chi connectivity index (χ0n) is 17.0. The summed E-state index contributed by atoms with van der Waals surface area (Å²) in [6, 6.07) is 19.6. The number of halogens is 2. The Bertz CT molecular complexity index is 1250. The lowest BCUT2D eigenvalue weighted by atomic mass is 10.1. The largest absolute Gasteiger partial charge is 0.508 e. The van der Waals surface area contributed by atoms with Crippen LogP contribution in [0.1, 0.15) is 5.56 Å². The van der Waals surface area contributed by atoms with Gasteiger partial charge in [-0.2, -0.15) is 5.26 Å². The molecule has 0 bridgehead atoms. The van der Waals surface area contributed by atoms with Gasteiger partial charge in [0.25, 0.3) is 11.8 Å². The predicted molar refractivity (Wildman–Crippen MR) is 130 cm³/mol. The number of anilines is 2. The summed E-state index contributed by atoms with van der Waals surface area (Å²) in [5.74, 6) is -0.487. The highest BCUT2D eigenvalue weighted by molar-refractivity contribution is 9.10. The SMILES string of the molecule is N#C/C(=C\c1ccc(OCC(=O)Nc2ccccc2Cl)c(Br)c1)C(=O)Nc1ccc(O)cc1. The van der Waals surface area contributed by atoms with Crippen LogP contribution in [0.15, 0.2) is 76.8 Å². The Kier molecular flexibility index (Phi) is 8.08. The summed E-state index contributed by atoms with van der Waals surface area (Å²) >= 11 is 9.40. The number of benzene rings is 3. The van der Waals surface area contributed by atoms with Crippen molar-refractivity contribution in [1.82, 2.24) is 0 Å². The zero-order chi connectivity index (χ0) is 23.8. The van der Waals surface area contributed by atoms with Crippen LogP contribution in [0.25, 0.3) is 6.08 Å². The van der Waals surface area contributed by atoms with Gasteiger partial charge in [0.05, 0.1) is 15.2 Å². The van der Waals surface area contributed by atoms with Gasteiger partial charge < -0.3 is 20.5 Å². The third kappa shape index (κ3) is 6.84. The molecule has 0 spiro atoms. The maximum absolute atomic E-state index is 12.4. The fourth-order valence-electron chi connectivity index (χ4n) is 2.67. The molecule has 3 aromatic rings. The molecule has 166 valence electrons. The van der Waals surface area contributed by atoms with Crippen LogP contribution < -0.4 is 15.4 Å². The Morgan fingerprint density at radius 3 is 2.48 bits per heavy atom. The summed E-state index contributed by atoms with van der Waals surface area (Å²) in [4.78, 5) is 24.5. The van der Waals surface area contributed by atoms with E-state index in [0.717, 1.165) is 0 Å². The van der Waals surface area contributed by atoms with Crippen molar-refractivity contribution >= 4 is 56.8 Å². The number of rotatable bonds is 7. The Balaban J connectivity index is 1.63. The quantitative estimate of drug-likeness (QED) is 0.218. The van der Waals surface area contributed by atoms with Crippen LogP contribution in [0.4, 0.5) is 11.4 Å². The number of para-hydroxylation sites is 1. The van der Waals surface area contributed by atoms with E-state index in [2.05, 4.69) is 26.6 Å². The molecule has 0 fully saturated rings. The number of nitrogens with zero attached hydrogens (tertiary/aromatic N) is 1. The predicted octanol–water partition coefficient (Wildman–Crippen LogP) is 5.37. The summed E-state index contributed by atoms with van der Waals surface area (Å²) < 4.78 is 6.09. The van der Waals surface area contributed by atoms with E-state index in [1.165, 1.54) is 30.3 Å². The van der Waals surface area contributed by atoms with Crippen LogP contribution in [-0.2, 0) is 9.59 Å². The standard InChI is InChI=1S/C24H17BrClN3O4/c25-19-12-15(11-16(13-27)24(32)28-17-6-8-18(30)9-7-17)5-10-22(19)33-14-23(31)29-21-4-2-1-3-20(21)26/h1-12,30H,14H2,(H,28,32)(H,29,31)/b16-11+. The highest BCUT2D eigenvalue weighted by Crippen LogP contribution is 2.27. The molecule has 2 amide bonds. The van der Waals surface area contributed by atoms with Gasteiger partial charge in [-0.15, -0.1) is 0 Å². The lowest BCUT2D eigenvalue weighted by molar-refractivity contribution is -0.118. The third-order valence-corrected chi connectivity index (χ3v) is 5.21. The van der Waals surface area contributed by atoms with Crippen molar-refractivity contribution in [2.75, 3.05) is 17.2 Å². The Morgan fingerprint density at radius 1 is 1.09 bits per heavy atom. The molecule has 7 nitrogen and oxygen atoms in total. The molecule has 0 saturated heterocycles. The van der Waals surface area contributed by atoms with E-state index < -0.39 is 5.91 Å². The number of phenolic OH excluding ortho intramolecular Hbond substituents is 1. The van der Waals surface area contributed by atoms with Gasteiger partial charge in [0.2, 0.25) is 0 Å². The summed E-state index contributed by atoms with van der Waals surface area (Å²) in [6.45, 7) is -0.239. The number of hydrogen-bond donors (Lipinski definition) is 3. The van der Waals surface area contributed by atoms with Crippen LogP contribution >= 0.6 is 27.5 Å². The highest BCUT2D eigenvalue weighted by Gasteiger charge is 2.12. The van der Waals surface area contributed by atoms with Crippen molar-refractivity contribution in [1.29, 1.82) is 5.26 Å². The van der Waals surface area contributed by atoms with Crippen LogP contribution in [0, 0.1) is 11.3 Å². The van der Waals surface area contributed by atoms with E-state index in [4.69, 9.17) is 16.3 Å². The molecular formula is C24H17BrClN3O4. The molecule has 33 heavy (non-hydrogen) atoms. The Labute approximate surface area is 203 Å². The Hall–Kier alpha value is -3.80. The van der Waals surface area contributed by atoms with Gasteiger partial charge in [-0.1, -0.05) is 29.8 Å². The Morgan fingerprint density at radius 2 is 1.82 bits per heavy atom. The number of amides is 2. The smallest absolute Gasteiger partial charge is 0.266 e. The number of nitriles is 1. The summed E-state index contributed by atoms with van der Waals surface area (Å²) in [6.07, 6.45) is 1.42. The molecule has 0 aliphatic heterocycles. The van der Waals surface area contributed by atoms with Crippen LogP contribution in [0.3, 0.4) is 0 Å². The number of carbonyl (C=O) groups excluding carboxylic acids is 2. The molecule has 3 N–H and O–H groups in total. The number of ether oxygens (including phenoxy) is 1. The first kappa shape index (κ1) is 23.9. The van der Waals surface area contributed by atoms with Crippen molar-refractivity contribution in [3.8, 4) is 17.6 Å². The van der Waals surface area contributed by atoms with Crippen molar-refractivity contribution in [3.05, 3.63) is 87.4 Å². The van der Waals surface area contributed by atoms with Gasteiger partial charge in [-0.3, -0.25) is 9.59 Å². The normalized spacial score (nSPS) is 10.8. The second-order valence-electron chi connectivity index (χ2n) is 6.68. The number of hydrogen-bond acceptors (Lipinski definition) is 5. The molecule has 0 atom stereocenters. The average molecular weight is 527 g/mol. The van der Waals surface area contributed by atoms with E-state index >= 15 is 0 Å². The number of nitrogens with one attached hydrogen (secondary N) is 2. The number of phenols is 1. The van der Waals surface area contributed by atoms with Gasteiger partial charge in [-0.25, -0.2) is 0 Å². The van der Waals surface area contributed by atoms with E-state index in [9.17, 15) is 20.0 Å². The molecule has 0 aliphatic rings. The molecule has 0 aromatic heterocycles. The van der Waals surface area contributed by atoms with Crippen LogP contribution in [0.5, 0.6) is 11.5 Å². The minimum atomic E-state index is -0.587. The van der Waals surface area contributed by atoms with Gasteiger partial charge in [0, 0.05) is 5.69 Å². The van der Waals surface area contributed by atoms with Gasteiger partial charge >= 0.3 is 0 Å². The fourth-order valence-corrected chi connectivity index (χ4v) is 3.37. The van der Waals surface area contributed by atoms with Crippen LogP contribution in [0.2, 0.25) is 5.02 Å². The lowest BCUT2D eigenvalue weighted by Gasteiger charge is -2.10. The molecule has 3 aromatic carbocycles. The first-order valence-corrected chi connectivity index (χ1v) is 10.7. The molecule has 0 aliphatic carbocycles. The van der Waals surface area contributed by atoms with E-state index in [1.807, 2.05) is 6.07 Å². The van der Waals surface area contributed by atoms with Gasteiger partial charge in [0.15, 0.2) is 6.61 Å². The summed E-state index contributed by atoms with van der Waals surface area (Å²) in [7, 11) is 0. The molecule has 0 saturated carbocycles. The van der Waals surface area contributed by atoms with Gasteiger partial charge in [0.1, 0.15) is 23.1 Å². The number of aromatic hydroxyl groups is 1. The van der Waals surface area contributed by atoms with Crippen LogP contribution in [-0.4, -0.2) is 23.5 Å². The minimum Gasteiger partial charge on any atom is -0.508 e. The fraction of sp³-hybridized carbons (Fsp3) is 0.0417. The molecule has 3 rings (SSSR count). The maximum Gasteiger partial charge on any atom is 0.266 e. The zero-order valence-corrected chi connectivity index (χ0v) is 19.4. The van der Waals surface area contributed by atoms with Crippen molar-refractivity contribution in [2.45, 2.75) is 0 Å². The molecular weight excluding hydrogens is 510 g/mol. The molecule has 0 unspecified atom stereocenters. The maximum atomic E-state index is 12.4. The van der Waals surface area contributed by atoms with Crippen molar-refractivity contribution in [3.63, 3.8) is 0 Å². The minimum absolute atomic E-state index is 0.0672. The van der Waals surface area contributed by atoms with Gasteiger partial charge in [-0.05, 0) is 76.1 Å². The van der Waals surface area contributed by atoms with E-state index in [0.29, 0.717) is 32.2 Å². The molecule has 0 radical (unpaired) electrons. The lowest BCUT2D eigenvalue weighted by Crippen LogP contribution is -2.20. The average Bonchev–Trinajstić information content (AvgIpc) is 2.80. The second kappa shape index (κ2) is 11.2. The topological polar surface area (TPSA) is 111 Å². The van der Waals surface area contributed by atoms with E-state index in [-0.39, 0.29) is 23.8 Å². The second-order valence-corrected chi connectivity index (χ2v) is 7.94. The van der Waals surface area contributed by atoms with Crippen molar-refractivity contribution in [2.24, 2.45) is 0 Å². The molecule has 9 heteroatoms. The summed E-state index contributed by atoms with van der Waals surface area (Å²) in [5.41, 5.74) is 1.40.